The Morgan fingerprint density at radius 1 is 1.33 bits per heavy atom. The smallest absolute Gasteiger partial charge is 0.221 e. The van der Waals surface area contributed by atoms with Crippen LogP contribution in [0.1, 0.15) is 27.2 Å². The molecule has 100 valence electrons. The summed E-state index contributed by atoms with van der Waals surface area (Å²) in [6, 6.07) is 7.96. The number of carbonyl (C=O) groups is 1. The van der Waals surface area contributed by atoms with E-state index in [4.69, 9.17) is 4.74 Å². The van der Waals surface area contributed by atoms with Crippen LogP contribution in [0.15, 0.2) is 24.3 Å². The number of para-hydroxylation sites is 2. The predicted molar refractivity (Wildman–Crippen MR) is 74.0 cm³/mol. The Bertz CT molecular complexity index is 378. The topological polar surface area (TPSA) is 50.4 Å². The molecule has 0 bridgehead atoms. The van der Waals surface area contributed by atoms with Crippen molar-refractivity contribution < 1.29 is 9.53 Å². The molecule has 1 aromatic carbocycles. The van der Waals surface area contributed by atoms with Gasteiger partial charge in [-0.3, -0.25) is 4.79 Å². The minimum Gasteiger partial charge on any atom is -0.491 e. The van der Waals surface area contributed by atoms with Crippen LogP contribution >= 0.6 is 0 Å². The summed E-state index contributed by atoms with van der Waals surface area (Å²) in [6.07, 6.45) is 0.937. The molecule has 0 aliphatic carbocycles. The maximum Gasteiger partial charge on any atom is 0.221 e. The summed E-state index contributed by atoms with van der Waals surface area (Å²) in [6.45, 7) is 7.29. The first kappa shape index (κ1) is 14.5. The van der Waals surface area contributed by atoms with Gasteiger partial charge in [0.1, 0.15) is 5.75 Å². The maximum absolute atomic E-state index is 11.0. The van der Waals surface area contributed by atoms with E-state index in [1.807, 2.05) is 24.3 Å². The lowest BCUT2D eigenvalue weighted by molar-refractivity contribution is -0.114. The van der Waals surface area contributed by atoms with Crippen LogP contribution in [0.5, 0.6) is 5.75 Å². The van der Waals surface area contributed by atoms with Crippen molar-refractivity contribution in [3.63, 3.8) is 0 Å². The molecule has 18 heavy (non-hydrogen) atoms. The van der Waals surface area contributed by atoms with Gasteiger partial charge in [0.2, 0.25) is 5.91 Å². The summed E-state index contributed by atoms with van der Waals surface area (Å²) in [5.41, 5.74) is 0.724. The van der Waals surface area contributed by atoms with Crippen molar-refractivity contribution in [3.05, 3.63) is 24.3 Å². The molecule has 0 aromatic heterocycles. The highest BCUT2D eigenvalue weighted by Crippen LogP contribution is 2.23. The van der Waals surface area contributed by atoms with Crippen molar-refractivity contribution in [1.29, 1.82) is 0 Å². The van der Waals surface area contributed by atoms with E-state index in [0.29, 0.717) is 12.6 Å². The molecule has 0 spiro atoms. The van der Waals surface area contributed by atoms with Gasteiger partial charge >= 0.3 is 0 Å². The van der Waals surface area contributed by atoms with Crippen LogP contribution < -0.4 is 15.4 Å². The van der Waals surface area contributed by atoms with Gasteiger partial charge in [-0.25, -0.2) is 0 Å². The minimum atomic E-state index is -0.0903. The number of hydrogen-bond donors (Lipinski definition) is 2. The highest BCUT2D eigenvalue weighted by atomic mass is 16.5. The van der Waals surface area contributed by atoms with Crippen LogP contribution in [0, 0.1) is 0 Å². The standard InChI is InChI=1S/C14H22N2O2/c1-11(2)15-9-6-10-18-14-8-5-4-7-13(14)16-12(3)17/h4-5,7-8,11,15H,6,9-10H2,1-3H3,(H,16,17). The molecule has 0 fully saturated rings. The van der Waals surface area contributed by atoms with Gasteiger partial charge in [0.05, 0.1) is 12.3 Å². The number of carbonyl (C=O) groups excluding carboxylic acids is 1. The van der Waals surface area contributed by atoms with E-state index < -0.39 is 0 Å². The van der Waals surface area contributed by atoms with Gasteiger partial charge in [-0.1, -0.05) is 26.0 Å². The van der Waals surface area contributed by atoms with Crippen LogP contribution in [0.4, 0.5) is 5.69 Å². The number of anilines is 1. The predicted octanol–water partition coefficient (Wildman–Crippen LogP) is 2.41. The van der Waals surface area contributed by atoms with E-state index in [1.165, 1.54) is 6.92 Å². The molecule has 1 aromatic rings. The molecular formula is C14H22N2O2. The molecule has 0 saturated carbocycles. The van der Waals surface area contributed by atoms with Crippen LogP contribution in [0.25, 0.3) is 0 Å². The van der Waals surface area contributed by atoms with Crippen LogP contribution in [0.3, 0.4) is 0 Å². The van der Waals surface area contributed by atoms with Crippen LogP contribution in [0.2, 0.25) is 0 Å². The molecule has 4 nitrogen and oxygen atoms in total. The van der Waals surface area contributed by atoms with Crippen LogP contribution in [-0.4, -0.2) is 25.1 Å². The fourth-order valence-corrected chi connectivity index (χ4v) is 1.53. The lowest BCUT2D eigenvalue weighted by atomic mass is 10.3. The highest BCUT2D eigenvalue weighted by Gasteiger charge is 2.03. The Labute approximate surface area is 109 Å². The van der Waals surface area contributed by atoms with Gasteiger partial charge in [0, 0.05) is 13.0 Å². The molecule has 0 unspecified atom stereocenters. The van der Waals surface area contributed by atoms with Crippen molar-refractivity contribution in [2.24, 2.45) is 0 Å². The fraction of sp³-hybridized carbons (Fsp3) is 0.500. The van der Waals surface area contributed by atoms with Gasteiger partial charge < -0.3 is 15.4 Å². The summed E-state index contributed by atoms with van der Waals surface area (Å²) in [5.74, 6) is 0.629. The molecule has 0 radical (unpaired) electrons. The van der Waals surface area contributed by atoms with Gasteiger partial charge in [0.15, 0.2) is 0 Å². The Balaban J connectivity index is 2.39. The Morgan fingerprint density at radius 3 is 2.72 bits per heavy atom. The lowest BCUT2D eigenvalue weighted by Gasteiger charge is -2.12. The third-order valence-electron chi connectivity index (χ3n) is 2.33. The average molecular weight is 250 g/mol. The largest absolute Gasteiger partial charge is 0.491 e. The third-order valence-corrected chi connectivity index (χ3v) is 2.33. The summed E-state index contributed by atoms with van der Waals surface area (Å²) in [7, 11) is 0. The zero-order valence-corrected chi connectivity index (χ0v) is 11.3. The minimum absolute atomic E-state index is 0.0903. The van der Waals surface area contributed by atoms with Crippen molar-refractivity contribution in [2.45, 2.75) is 33.2 Å². The Kier molecular flexibility index (Phi) is 6.22. The molecular weight excluding hydrogens is 228 g/mol. The second-order valence-electron chi connectivity index (χ2n) is 4.49. The van der Waals surface area contributed by atoms with E-state index in [9.17, 15) is 4.79 Å². The monoisotopic (exact) mass is 250 g/mol. The molecule has 2 N–H and O–H groups in total. The van der Waals surface area contributed by atoms with E-state index in [0.717, 1.165) is 24.4 Å². The first-order chi connectivity index (χ1) is 8.59. The number of rotatable bonds is 7. The highest BCUT2D eigenvalue weighted by molar-refractivity contribution is 5.90. The third kappa shape index (κ3) is 5.68. The summed E-state index contributed by atoms with van der Waals surface area (Å²) in [4.78, 5) is 11.0. The SMILES string of the molecule is CC(=O)Nc1ccccc1OCCCNC(C)C. The van der Waals surface area contributed by atoms with Gasteiger partial charge in [-0.15, -0.1) is 0 Å². The normalized spacial score (nSPS) is 10.4. The van der Waals surface area contributed by atoms with Crippen molar-refractivity contribution >= 4 is 11.6 Å². The fourth-order valence-electron chi connectivity index (χ4n) is 1.53. The second kappa shape index (κ2) is 7.71. The Hall–Kier alpha value is -1.55. The number of nitrogens with one attached hydrogen (secondary N) is 2. The molecule has 0 aliphatic rings. The van der Waals surface area contributed by atoms with E-state index in [1.54, 1.807) is 0 Å². The van der Waals surface area contributed by atoms with Crippen molar-refractivity contribution in [2.75, 3.05) is 18.5 Å². The van der Waals surface area contributed by atoms with Crippen LogP contribution in [-0.2, 0) is 4.79 Å². The number of hydrogen-bond acceptors (Lipinski definition) is 3. The van der Waals surface area contributed by atoms with E-state index in [2.05, 4.69) is 24.5 Å². The first-order valence-corrected chi connectivity index (χ1v) is 6.32. The average Bonchev–Trinajstić information content (AvgIpc) is 2.29. The number of benzene rings is 1. The quantitative estimate of drug-likeness (QED) is 0.731. The molecule has 4 heteroatoms. The summed E-state index contributed by atoms with van der Waals surface area (Å²) < 4.78 is 5.67. The van der Waals surface area contributed by atoms with E-state index in [-0.39, 0.29) is 5.91 Å². The zero-order valence-electron chi connectivity index (χ0n) is 11.3. The van der Waals surface area contributed by atoms with Gasteiger partial charge in [-0.2, -0.15) is 0 Å². The number of ether oxygens (including phenoxy) is 1. The van der Waals surface area contributed by atoms with Gasteiger partial charge in [0.25, 0.3) is 0 Å². The van der Waals surface area contributed by atoms with Gasteiger partial charge in [-0.05, 0) is 25.1 Å². The molecule has 0 heterocycles. The Morgan fingerprint density at radius 2 is 2.06 bits per heavy atom. The molecule has 1 amide bonds. The number of amides is 1. The van der Waals surface area contributed by atoms with Crippen molar-refractivity contribution in [3.8, 4) is 5.75 Å². The molecule has 0 saturated heterocycles. The second-order valence-corrected chi connectivity index (χ2v) is 4.49. The molecule has 1 rings (SSSR count). The van der Waals surface area contributed by atoms with E-state index >= 15 is 0 Å². The molecule has 0 aliphatic heterocycles. The first-order valence-electron chi connectivity index (χ1n) is 6.32. The zero-order chi connectivity index (χ0) is 13.4. The van der Waals surface area contributed by atoms with Crippen molar-refractivity contribution in [1.82, 2.24) is 5.32 Å². The maximum atomic E-state index is 11.0. The lowest BCUT2D eigenvalue weighted by Crippen LogP contribution is -2.24. The summed E-state index contributed by atoms with van der Waals surface area (Å²) in [5, 5.41) is 6.08. The summed E-state index contributed by atoms with van der Waals surface area (Å²) >= 11 is 0. The molecule has 0 atom stereocenters.